The second-order valence-corrected chi connectivity index (χ2v) is 9.15. The van der Waals surface area contributed by atoms with Crippen molar-refractivity contribution in [2.24, 2.45) is 0 Å². The van der Waals surface area contributed by atoms with E-state index >= 15 is 0 Å². The number of Topliss-reactive ketones (excluding diaryl/α,β-unsaturated/α-hetero) is 1. The summed E-state index contributed by atoms with van der Waals surface area (Å²) in [7, 11) is 6.97. The molecule has 0 aliphatic carbocycles. The minimum atomic E-state index is -0.790. The van der Waals surface area contributed by atoms with E-state index in [-0.39, 0.29) is 11.3 Å². The van der Waals surface area contributed by atoms with E-state index in [1.54, 1.807) is 22.9 Å². The minimum absolute atomic E-state index is 0.0257. The Morgan fingerprint density at radius 3 is 2.41 bits per heavy atom. The first-order chi connectivity index (χ1) is 17.8. The van der Waals surface area contributed by atoms with Crippen molar-refractivity contribution in [2.75, 3.05) is 41.4 Å². The van der Waals surface area contributed by atoms with Gasteiger partial charge in [-0.3, -0.25) is 9.59 Å². The van der Waals surface area contributed by atoms with Crippen LogP contribution in [-0.2, 0) is 9.59 Å². The third-order valence-electron chi connectivity index (χ3n) is 6.53. The van der Waals surface area contributed by atoms with Gasteiger partial charge in [-0.05, 0) is 63.8 Å². The molecule has 1 atom stereocenters. The Hall–Kier alpha value is -4.11. The SMILES string of the molecule is COc1ccc(C2/C(=C(/O)c3cnn(-c4ccccc4)c3C)C(=O)C(=O)N2CCCN(C)C)cc1OC. The van der Waals surface area contributed by atoms with Gasteiger partial charge in [-0.2, -0.15) is 5.10 Å². The number of aliphatic hydroxyl groups excluding tert-OH is 1. The zero-order chi connectivity index (χ0) is 26.7. The number of amides is 1. The maximum absolute atomic E-state index is 13.4. The number of carbonyl (C=O) groups excluding carboxylic acids is 2. The van der Waals surface area contributed by atoms with Gasteiger partial charge in [0.1, 0.15) is 5.76 Å². The van der Waals surface area contributed by atoms with Crippen LogP contribution in [0.5, 0.6) is 11.5 Å². The molecule has 1 fully saturated rings. The number of nitrogens with zero attached hydrogens (tertiary/aromatic N) is 4. The molecule has 1 unspecified atom stereocenters. The van der Waals surface area contributed by atoms with Crippen LogP contribution >= 0.6 is 0 Å². The molecule has 37 heavy (non-hydrogen) atoms. The van der Waals surface area contributed by atoms with Gasteiger partial charge in [0.25, 0.3) is 11.7 Å². The largest absolute Gasteiger partial charge is 0.507 e. The summed E-state index contributed by atoms with van der Waals surface area (Å²) in [6, 6.07) is 14.0. The summed E-state index contributed by atoms with van der Waals surface area (Å²) >= 11 is 0. The summed E-state index contributed by atoms with van der Waals surface area (Å²) < 4.78 is 12.5. The quantitative estimate of drug-likeness (QED) is 0.270. The number of aliphatic hydroxyl groups is 1. The number of ether oxygens (including phenoxy) is 2. The normalized spacial score (nSPS) is 17.0. The number of likely N-dealkylation sites (tertiary alicyclic amines) is 1. The summed E-state index contributed by atoms with van der Waals surface area (Å²) in [5, 5.41) is 15.9. The van der Waals surface area contributed by atoms with Crippen LogP contribution < -0.4 is 9.47 Å². The second kappa shape index (κ2) is 10.9. The van der Waals surface area contributed by atoms with Crippen LogP contribution in [-0.4, -0.2) is 77.8 Å². The lowest BCUT2D eigenvalue weighted by Gasteiger charge is -2.26. The molecular formula is C28H32N4O5. The molecule has 0 bridgehead atoms. The monoisotopic (exact) mass is 504 g/mol. The number of para-hydroxylation sites is 1. The van der Waals surface area contributed by atoms with Crippen LogP contribution in [0.4, 0.5) is 0 Å². The van der Waals surface area contributed by atoms with Crippen molar-refractivity contribution in [2.45, 2.75) is 19.4 Å². The molecule has 3 aromatic rings. The molecule has 0 radical (unpaired) electrons. The predicted molar refractivity (Wildman–Crippen MR) is 140 cm³/mol. The van der Waals surface area contributed by atoms with E-state index in [9.17, 15) is 14.7 Å². The molecule has 4 rings (SSSR count). The topological polar surface area (TPSA) is 97.1 Å². The molecule has 0 spiro atoms. The molecule has 1 aliphatic rings. The number of hydrogen-bond acceptors (Lipinski definition) is 7. The highest BCUT2D eigenvalue weighted by molar-refractivity contribution is 6.46. The van der Waals surface area contributed by atoms with Crippen molar-refractivity contribution in [3.8, 4) is 17.2 Å². The lowest BCUT2D eigenvalue weighted by molar-refractivity contribution is -0.139. The van der Waals surface area contributed by atoms with Gasteiger partial charge in [0.2, 0.25) is 0 Å². The van der Waals surface area contributed by atoms with E-state index < -0.39 is 17.7 Å². The highest BCUT2D eigenvalue weighted by Gasteiger charge is 2.46. The van der Waals surface area contributed by atoms with Gasteiger partial charge < -0.3 is 24.4 Å². The Labute approximate surface area is 216 Å². The van der Waals surface area contributed by atoms with Crippen LogP contribution in [0, 0.1) is 6.92 Å². The van der Waals surface area contributed by atoms with Gasteiger partial charge in [-0.15, -0.1) is 0 Å². The number of carbonyl (C=O) groups is 2. The highest BCUT2D eigenvalue weighted by atomic mass is 16.5. The van der Waals surface area contributed by atoms with Crippen LogP contribution in [0.2, 0.25) is 0 Å². The molecule has 1 aromatic heterocycles. The van der Waals surface area contributed by atoms with Crippen LogP contribution in [0.1, 0.15) is 29.3 Å². The lowest BCUT2D eigenvalue weighted by atomic mass is 9.95. The molecule has 2 heterocycles. The Balaban J connectivity index is 1.84. The first kappa shape index (κ1) is 26.0. The number of benzene rings is 2. The van der Waals surface area contributed by atoms with Crippen molar-refractivity contribution < 1.29 is 24.2 Å². The van der Waals surface area contributed by atoms with E-state index in [4.69, 9.17) is 9.47 Å². The fourth-order valence-corrected chi connectivity index (χ4v) is 4.65. The molecule has 1 saturated heterocycles. The van der Waals surface area contributed by atoms with Gasteiger partial charge in [0.05, 0.1) is 49.0 Å². The molecule has 1 amide bonds. The molecule has 9 heteroatoms. The van der Waals surface area contributed by atoms with Crippen LogP contribution in [0.3, 0.4) is 0 Å². The maximum Gasteiger partial charge on any atom is 0.295 e. The van der Waals surface area contributed by atoms with E-state index in [0.29, 0.717) is 41.3 Å². The predicted octanol–water partition coefficient (Wildman–Crippen LogP) is 3.57. The molecule has 0 saturated carbocycles. The third-order valence-corrected chi connectivity index (χ3v) is 6.53. The summed E-state index contributed by atoms with van der Waals surface area (Å²) in [6.45, 7) is 2.90. The fraction of sp³-hybridized carbons (Fsp3) is 0.321. The Kier molecular flexibility index (Phi) is 7.63. The highest BCUT2D eigenvalue weighted by Crippen LogP contribution is 2.42. The summed E-state index contributed by atoms with van der Waals surface area (Å²) in [6.07, 6.45) is 2.18. The molecule has 1 N–H and O–H groups in total. The number of hydrogen-bond donors (Lipinski definition) is 1. The number of methoxy groups -OCH3 is 2. The molecule has 9 nitrogen and oxygen atoms in total. The smallest absolute Gasteiger partial charge is 0.295 e. The second-order valence-electron chi connectivity index (χ2n) is 9.15. The molecule has 1 aliphatic heterocycles. The van der Waals surface area contributed by atoms with Gasteiger partial charge >= 0.3 is 0 Å². The van der Waals surface area contributed by atoms with E-state index in [1.165, 1.54) is 25.3 Å². The first-order valence-corrected chi connectivity index (χ1v) is 12.0. The van der Waals surface area contributed by atoms with E-state index in [2.05, 4.69) is 5.10 Å². The van der Waals surface area contributed by atoms with Crippen molar-refractivity contribution in [1.82, 2.24) is 19.6 Å². The van der Waals surface area contributed by atoms with Crippen molar-refractivity contribution in [3.05, 3.63) is 77.1 Å². The summed E-state index contributed by atoms with van der Waals surface area (Å²) in [5.74, 6) is -0.641. The number of aromatic nitrogens is 2. The molecule has 194 valence electrons. The van der Waals surface area contributed by atoms with Gasteiger partial charge in [0, 0.05) is 6.54 Å². The van der Waals surface area contributed by atoms with Gasteiger partial charge in [-0.25, -0.2) is 4.68 Å². The summed E-state index contributed by atoms with van der Waals surface area (Å²) in [4.78, 5) is 30.2. The first-order valence-electron chi connectivity index (χ1n) is 12.0. The minimum Gasteiger partial charge on any atom is -0.507 e. The maximum atomic E-state index is 13.4. The van der Waals surface area contributed by atoms with E-state index in [0.717, 1.165) is 12.2 Å². The van der Waals surface area contributed by atoms with Gasteiger partial charge in [0.15, 0.2) is 11.5 Å². The zero-order valence-electron chi connectivity index (χ0n) is 21.8. The molecule has 2 aromatic carbocycles. The number of ketones is 1. The fourth-order valence-electron chi connectivity index (χ4n) is 4.65. The third kappa shape index (κ3) is 4.95. The standard InChI is InChI=1S/C28H32N4O5/c1-18-21(17-29-32(18)20-10-7-6-8-11-20)26(33)24-25(19-12-13-22(36-4)23(16-19)37-5)31(28(35)27(24)34)15-9-14-30(2)3/h6-8,10-13,16-17,25,33H,9,14-15H2,1-5H3/b26-24-. The van der Waals surface area contributed by atoms with Crippen molar-refractivity contribution in [3.63, 3.8) is 0 Å². The van der Waals surface area contributed by atoms with Gasteiger partial charge in [-0.1, -0.05) is 24.3 Å². The zero-order valence-corrected chi connectivity index (χ0v) is 21.8. The van der Waals surface area contributed by atoms with Crippen LogP contribution in [0.25, 0.3) is 11.4 Å². The number of rotatable bonds is 9. The van der Waals surface area contributed by atoms with Crippen LogP contribution in [0.15, 0.2) is 60.3 Å². The van der Waals surface area contributed by atoms with E-state index in [1.807, 2.05) is 56.3 Å². The van der Waals surface area contributed by atoms with Crippen molar-refractivity contribution >= 4 is 17.4 Å². The average molecular weight is 505 g/mol. The summed E-state index contributed by atoms with van der Waals surface area (Å²) in [5.41, 5.74) is 2.52. The Morgan fingerprint density at radius 2 is 1.76 bits per heavy atom. The lowest BCUT2D eigenvalue weighted by Crippen LogP contribution is -2.32. The van der Waals surface area contributed by atoms with Crippen molar-refractivity contribution in [1.29, 1.82) is 0 Å². The Bertz CT molecular complexity index is 1330. The molecular weight excluding hydrogens is 472 g/mol. The average Bonchev–Trinajstić information content (AvgIpc) is 3.40. The Morgan fingerprint density at radius 1 is 1.05 bits per heavy atom.